The second-order valence-electron chi connectivity index (χ2n) is 6.16. The monoisotopic (exact) mass is 352 g/mol. The van der Waals surface area contributed by atoms with Crippen molar-refractivity contribution < 1.29 is 19.1 Å². The van der Waals surface area contributed by atoms with Crippen molar-refractivity contribution in [3.63, 3.8) is 0 Å². The molecule has 1 aromatic rings. The number of carbonyl (C=O) groups excluding carboxylic acids is 1. The van der Waals surface area contributed by atoms with Crippen LogP contribution < -0.4 is 27.2 Å². The van der Waals surface area contributed by atoms with E-state index in [-0.39, 0.29) is 25.0 Å². The van der Waals surface area contributed by atoms with Gasteiger partial charge in [-0.2, -0.15) is 11.1 Å². The van der Waals surface area contributed by atoms with Crippen LogP contribution in [-0.4, -0.2) is 47.7 Å². The molecule has 0 saturated carbocycles. The number of likely N-dealkylation sites (N-methyl/N-ethyl adjacent to an activating group) is 1. The number of carbonyl (C=O) groups is 2. The molecule has 0 aromatic heterocycles. The summed E-state index contributed by atoms with van der Waals surface area (Å²) in [7, 11) is 1.61. The Kier molecular flexibility index (Phi) is 5.25. The first-order valence-electron chi connectivity index (χ1n) is 7.97. The van der Waals surface area contributed by atoms with Crippen LogP contribution in [-0.2, 0) is 9.59 Å². The molecular formula is C15H21FN6O3. The van der Waals surface area contributed by atoms with E-state index in [4.69, 9.17) is 0 Å². The molecule has 136 valence electrons. The minimum atomic E-state index is -1.02. The van der Waals surface area contributed by atoms with Crippen molar-refractivity contribution in [2.24, 2.45) is 5.92 Å². The maximum absolute atomic E-state index is 14.3. The van der Waals surface area contributed by atoms with Crippen LogP contribution in [0, 0.1) is 11.7 Å². The molecule has 2 aliphatic heterocycles. The van der Waals surface area contributed by atoms with Crippen LogP contribution in [0.25, 0.3) is 0 Å². The van der Waals surface area contributed by atoms with E-state index < -0.39 is 29.8 Å². The number of nitrogens with zero attached hydrogens (tertiary/aromatic N) is 1. The molecular weight excluding hydrogens is 331 g/mol. The van der Waals surface area contributed by atoms with E-state index in [1.807, 2.05) is 0 Å². The number of carboxylic acids is 1. The van der Waals surface area contributed by atoms with Gasteiger partial charge >= 0.3 is 5.97 Å². The summed E-state index contributed by atoms with van der Waals surface area (Å²) in [5.74, 6) is -2.44. The Morgan fingerprint density at radius 2 is 2.00 bits per heavy atom. The Morgan fingerprint density at radius 1 is 1.32 bits per heavy atom. The first kappa shape index (κ1) is 17.7. The van der Waals surface area contributed by atoms with Crippen LogP contribution in [0.3, 0.4) is 0 Å². The smallest absolute Gasteiger partial charge is 0.320 e. The van der Waals surface area contributed by atoms with Crippen LogP contribution in [0.15, 0.2) is 24.3 Å². The maximum atomic E-state index is 14.3. The highest BCUT2D eigenvalue weighted by atomic mass is 19.1. The number of carboxylic acid groups (broad SMARTS) is 1. The summed E-state index contributed by atoms with van der Waals surface area (Å²) in [5, 5.41) is 12.2. The Labute approximate surface area is 143 Å². The molecule has 3 rings (SSSR count). The number of aliphatic carboxylic acids is 1. The predicted octanol–water partition coefficient (Wildman–Crippen LogP) is -1.17. The van der Waals surface area contributed by atoms with Gasteiger partial charge in [0.05, 0.1) is 5.92 Å². The Hall–Kier alpha value is -2.11. The van der Waals surface area contributed by atoms with Crippen LogP contribution in [0.5, 0.6) is 0 Å². The van der Waals surface area contributed by atoms with E-state index in [9.17, 15) is 19.1 Å². The summed E-state index contributed by atoms with van der Waals surface area (Å²) in [6, 6.07) is 4.67. The van der Waals surface area contributed by atoms with Crippen LogP contribution >= 0.6 is 0 Å². The van der Waals surface area contributed by atoms with E-state index >= 15 is 0 Å². The number of hydrogen-bond donors (Lipinski definition) is 6. The second-order valence-corrected chi connectivity index (χ2v) is 6.16. The lowest BCUT2D eigenvalue weighted by molar-refractivity contribution is -0.142. The van der Waals surface area contributed by atoms with Gasteiger partial charge in [-0.1, -0.05) is 18.2 Å². The number of likely N-dealkylation sites (tertiary alicyclic amines) is 1. The number of rotatable bonds is 5. The van der Waals surface area contributed by atoms with Crippen molar-refractivity contribution in [3.8, 4) is 0 Å². The first-order valence-corrected chi connectivity index (χ1v) is 7.97. The number of halogens is 1. The fourth-order valence-electron chi connectivity index (χ4n) is 3.41. The molecule has 0 spiro atoms. The Balaban J connectivity index is 1.79. The van der Waals surface area contributed by atoms with Gasteiger partial charge in [0.25, 0.3) is 0 Å². The minimum Gasteiger partial charge on any atom is -0.480 e. The highest BCUT2D eigenvalue weighted by Gasteiger charge is 2.47. The standard InChI is InChI=1S/C15H21FN6O3/c1-22-11(15(24)25)6-9(13(22)8-4-2-3-5-10(8)16)14(23)17-7-12-18-20-21-19-12/h2-5,9,11-13,18-21H,6-7H2,1H3,(H,17,23)(H,24,25)/t9-,11-,13-/m1/s1. The van der Waals surface area contributed by atoms with Crippen LogP contribution in [0.1, 0.15) is 18.0 Å². The molecule has 3 atom stereocenters. The molecule has 9 nitrogen and oxygen atoms in total. The van der Waals surface area contributed by atoms with E-state index in [2.05, 4.69) is 27.2 Å². The second kappa shape index (κ2) is 7.42. The summed E-state index contributed by atoms with van der Waals surface area (Å²) in [5.41, 5.74) is 11.3. The molecule has 6 N–H and O–H groups in total. The molecule has 1 amide bonds. The SMILES string of the molecule is CN1[C@@H](C(=O)O)C[C@@H](C(=O)NCC2NNNN2)[C@H]1c1ccccc1F. The zero-order valence-electron chi connectivity index (χ0n) is 13.6. The molecule has 0 radical (unpaired) electrons. The average molecular weight is 352 g/mol. The quantitative estimate of drug-likeness (QED) is 0.393. The summed E-state index contributed by atoms with van der Waals surface area (Å²) in [6.07, 6.45) is -0.0936. The molecule has 0 bridgehead atoms. The van der Waals surface area contributed by atoms with Gasteiger partial charge in [-0.3, -0.25) is 14.5 Å². The van der Waals surface area contributed by atoms with Gasteiger partial charge in [0, 0.05) is 18.2 Å². The number of amides is 1. The third kappa shape index (κ3) is 3.62. The lowest BCUT2D eigenvalue weighted by Gasteiger charge is -2.27. The number of hydrogen-bond acceptors (Lipinski definition) is 7. The third-order valence-electron chi connectivity index (χ3n) is 4.67. The van der Waals surface area contributed by atoms with Crippen LogP contribution in [0.4, 0.5) is 4.39 Å². The maximum Gasteiger partial charge on any atom is 0.320 e. The lowest BCUT2D eigenvalue weighted by atomic mass is 9.92. The third-order valence-corrected chi connectivity index (χ3v) is 4.67. The van der Waals surface area contributed by atoms with Gasteiger partial charge in [-0.05, 0) is 19.5 Å². The highest BCUT2D eigenvalue weighted by molar-refractivity contribution is 5.83. The summed E-state index contributed by atoms with van der Waals surface area (Å²) in [6.45, 7) is 0.279. The van der Waals surface area contributed by atoms with Gasteiger partial charge in [-0.25, -0.2) is 15.2 Å². The van der Waals surface area contributed by atoms with Crippen molar-refractivity contribution in [3.05, 3.63) is 35.6 Å². The molecule has 25 heavy (non-hydrogen) atoms. The summed E-state index contributed by atoms with van der Waals surface area (Å²) >= 11 is 0. The molecule has 2 heterocycles. The average Bonchev–Trinajstić information content (AvgIpc) is 3.21. The number of hydrazine groups is 3. The van der Waals surface area contributed by atoms with E-state index in [1.54, 1.807) is 30.1 Å². The molecule has 2 aliphatic rings. The zero-order chi connectivity index (χ0) is 18.0. The fraction of sp³-hybridized carbons (Fsp3) is 0.467. The Bertz CT molecular complexity index is 654. The topological polar surface area (TPSA) is 118 Å². The van der Waals surface area contributed by atoms with Crippen LogP contribution in [0.2, 0.25) is 0 Å². The van der Waals surface area contributed by atoms with E-state index in [0.29, 0.717) is 5.56 Å². The zero-order valence-corrected chi connectivity index (χ0v) is 13.6. The van der Waals surface area contributed by atoms with E-state index in [0.717, 1.165) is 0 Å². The molecule has 0 unspecified atom stereocenters. The van der Waals surface area contributed by atoms with Crippen molar-refractivity contribution in [1.82, 2.24) is 32.1 Å². The van der Waals surface area contributed by atoms with Gasteiger partial charge in [-0.15, -0.1) is 0 Å². The van der Waals surface area contributed by atoms with Gasteiger partial charge < -0.3 is 10.4 Å². The van der Waals surface area contributed by atoms with Crippen molar-refractivity contribution >= 4 is 11.9 Å². The van der Waals surface area contributed by atoms with Crippen molar-refractivity contribution in [2.75, 3.05) is 13.6 Å². The van der Waals surface area contributed by atoms with Crippen molar-refractivity contribution in [1.29, 1.82) is 0 Å². The summed E-state index contributed by atoms with van der Waals surface area (Å²) in [4.78, 5) is 25.7. The summed E-state index contributed by atoms with van der Waals surface area (Å²) < 4.78 is 14.3. The fourth-order valence-corrected chi connectivity index (χ4v) is 3.41. The number of nitrogens with one attached hydrogen (secondary N) is 5. The molecule has 10 heteroatoms. The molecule has 2 saturated heterocycles. The predicted molar refractivity (Wildman–Crippen MR) is 85.8 cm³/mol. The molecule has 0 aliphatic carbocycles. The molecule has 1 aromatic carbocycles. The minimum absolute atomic E-state index is 0.124. The van der Waals surface area contributed by atoms with Gasteiger partial charge in [0.2, 0.25) is 5.91 Å². The van der Waals surface area contributed by atoms with Gasteiger partial charge in [0.1, 0.15) is 18.0 Å². The molecule has 2 fully saturated rings. The Morgan fingerprint density at radius 3 is 2.64 bits per heavy atom. The van der Waals surface area contributed by atoms with Crippen molar-refractivity contribution in [2.45, 2.75) is 24.7 Å². The highest BCUT2D eigenvalue weighted by Crippen LogP contribution is 2.41. The lowest BCUT2D eigenvalue weighted by Crippen LogP contribution is -2.46. The van der Waals surface area contributed by atoms with E-state index in [1.165, 1.54) is 6.07 Å². The number of benzene rings is 1. The largest absolute Gasteiger partial charge is 0.480 e. The normalized spacial score (nSPS) is 27.5. The first-order chi connectivity index (χ1) is 12.0. The van der Waals surface area contributed by atoms with Gasteiger partial charge in [0.15, 0.2) is 0 Å².